The van der Waals surface area contributed by atoms with Crippen LogP contribution in [0.5, 0.6) is 5.75 Å². The summed E-state index contributed by atoms with van der Waals surface area (Å²) in [5.41, 5.74) is 1.29. The number of hydrogen-bond donors (Lipinski definition) is 3. The van der Waals surface area contributed by atoms with Crippen LogP contribution in [-0.2, 0) is 14.3 Å². The lowest BCUT2D eigenvalue weighted by molar-refractivity contribution is -0.914. The molecule has 0 unspecified atom stereocenters. The molecule has 152 valence electrons. The van der Waals surface area contributed by atoms with E-state index in [-0.39, 0.29) is 23.8 Å². The van der Waals surface area contributed by atoms with Crippen molar-refractivity contribution >= 4 is 28.5 Å². The predicted octanol–water partition coefficient (Wildman–Crippen LogP) is 0.984. The first kappa shape index (κ1) is 20.2. The van der Waals surface area contributed by atoms with E-state index < -0.39 is 5.97 Å². The highest BCUT2D eigenvalue weighted by atomic mass is 16.5. The quantitative estimate of drug-likeness (QED) is 0.640. The summed E-state index contributed by atoms with van der Waals surface area (Å²) in [6.45, 7) is 6.57. The van der Waals surface area contributed by atoms with Gasteiger partial charge in [-0.15, -0.1) is 0 Å². The average Bonchev–Trinajstić information content (AvgIpc) is 3.03. The number of amides is 1. The molecule has 2 heterocycles. The Morgan fingerprint density at radius 3 is 2.61 bits per heavy atom. The third kappa shape index (κ3) is 4.28. The molecule has 0 spiro atoms. The second-order valence-corrected chi connectivity index (χ2v) is 7.21. The lowest BCUT2D eigenvalue weighted by Crippen LogP contribution is -3.15. The highest BCUT2D eigenvalue weighted by Gasteiger charge is 2.27. The molecule has 1 saturated heterocycles. The maximum Gasteiger partial charge on any atom is 0.356 e. The van der Waals surface area contributed by atoms with Crippen molar-refractivity contribution in [3.05, 3.63) is 23.9 Å². The topological polar surface area (TPSA) is 94.1 Å². The molecule has 8 heteroatoms. The number of anilines is 1. The fourth-order valence-corrected chi connectivity index (χ4v) is 3.85. The van der Waals surface area contributed by atoms with Crippen LogP contribution < -0.4 is 15.0 Å². The van der Waals surface area contributed by atoms with E-state index in [1.54, 1.807) is 13.2 Å². The number of aromatic nitrogens is 1. The second-order valence-electron chi connectivity index (χ2n) is 7.21. The van der Waals surface area contributed by atoms with E-state index in [0.717, 1.165) is 13.1 Å². The van der Waals surface area contributed by atoms with Crippen LogP contribution in [-0.4, -0.2) is 62.9 Å². The van der Waals surface area contributed by atoms with E-state index in [1.165, 1.54) is 12.0 Å². The molecule has 0 bridgehead atoms. The van der Waals surface area contributed by atoms with Gasteiger partial charge in [0, 0.05) is 0 Å². The maximum atomic E-state index is 12.7. The van der Waals surface area contributed by atoms with Crippen molar-refractivity contribution in [3.8, 4) is 5.75 Å². The Labute approximate surface area is 164 Å². The summed E-state index contributed by atoms with van der Waals surface area (Å²) in [5.74, 6) is -0.132. The highest BCUT2D eigenvalue weighted by Crippen LogP contribution is 2.35. The van der Waals surface area contributed by atoms with Gasteiger partial charge in [-0.3, -0.25) is 4.79 Å². The number of hydrogen-bond acceptors (Lipinski definition) is 5. The molecule has 8 nitrogen and oxygen atoms in total. The maximum absolute atomic E-state index is 12.7. The van der Waals surface area contributed by atoms with Crippen LogP contribution in [0.2, 0.25) is 0 Å². The molecular formula is C20H28N3O5+. The largest absolute Gasteiger partial charge is 0.496 e. The molecule has 1 aliphatic heterocycles. The Balaban J connectivity index is 1.78. The van der Waals surface area contributed by atoms with Crippen LogP contribution in [0.1, 0.15) is 30.8 Å². The van der Waals surface area contributed by atoms with Crippen molar-refractivity contribution in [3.63, 3.8) is 0 Å². The van der Waals surface area contributed by atoms with Gasteiger partial charge in [0.2, 0.25) is 5.91 Å². The second kappa shape index (κ2) is 8.62. The zero-order chi connectivity index (χ0) is 20.3. The molecular weight excluding hydrogens is 362 g/mol. The van der Waals surface area contributed by atoms with Crippen molar-refractivity contribution in [1.82, 2.24) is 4.98 Å². The molecule has 1 amide bonds. The number of rotatable bonds is 6. The molecule has 3 N–H and O–H groups in total. The SMILES string of the molecule is COC(=O)c1[nH]c2cccc(OC)c2c1NC(=O)CC[NH+]1C[C@@H](C)O[C@H](C)C1. The van der Waals surface area contributed by atoms with Crippen LogP contribution >= 0.6 is 0 Å². The number of nitrogens with one attached hydrogen (secondary N) is 3. The van der Waals surface area contributed by atoms with Gasteiger partial charge in [-0.1, -0.05) is 6.07 Å². The Kier molecular flexibility index (Phi) is 6.21. The molecule has 1 aliphatic rings. The van der Waals surface area contributed by atoms with E-state index in [2.05, 4.69) is 24.1 Å². The van der Waals surface area contributed by atoms with Crippen LogP contribution in [0.3, 0.4) is 0 Å². The van der Waals surface area contributed by atoms with Crippen LogP contribution in [0.15, 0.2) is 18.2 Å². The van der Waals surface area contributed by atoms with E-state index >= 15 is 0 Å². The smallest absolute Gasteiger partial charge is 0.356 e. The molecule has 0 aliphatic carbocycles. The van der Waals surface area contributed by atoms with Gasteiger partial charge in [0.1, 0.15) is 36.7 Å². The normalized spacial score (nSPS) is 22.1. The minimum atomic E-state index is -0.546. The van der Waals surface area contributed by atoms with Crippen LogP contribution in [0.25, 0.3) is 10.9 Å². The average molecular weight is 390 g/mol. The first-order valence-electron chi connectivity index (χ1n) is 9.48. The third-order valence-electron chi connectivity index (χ3n) is 4.98. The number of aromatic amines is 1. The zero-order valence-corrected chi connectivity index (χ0v) is 16.8. The number of H-pyrrole nitrogens is 1. The van der Waals surface area contributed by atoms with Gasteiger partial charge in [-0.05, 0) is 26.0 Å². The van der Waals surface area contributed by atoms with Gasteiger partial charge in [0.15, 0.2) is 0 Å². The molecule has 1 aromatic heterocycles. The first-order valence-corrected chi connectivity index (χ1v) is 9.48. The molecule has 0 radical (unpaired) electrons. The summed E-state index contributed by atoms with van der Waals surface area (Å²) in [4.78, 5) is 29.2. The minimum Gasteiger partial charge on any atom is -0.496 e. The number of carbonyl (C=O) groups is 2. The molecule has 2 aromatic rings. The Morgan fingerprint density at radius 1 is 1.25 bits per heavy atom. The number of morpholine rings is 1. The Morgan fingerprint density at radius 2 is 1.96 bits per heavy atom. The van der Waals surface area contributed by atoms with Gasteiger partial charge < -0.3 is 29.4 Å². The lowest BCUT2D eigenvalue weighted by atomic mass is 10.2. The Bertz CT molecular complexity index is 853. The minimum absolute atomic E-state index is 0.156. The molecule has 1 aromatic carbocycles. The number of carbonyl (C=O) groups excluding carboxylic acids is 2. The van der Waals surface area contributed by atoms with E-state index in [9.17, 15) is 9.59 Å². The number of benzene rings is 1. The first-order chi connectivity index (χ1) is 13.4. The monoisotopic (exact) mass is 390 g/mol. The standard InChI is InChI=1S/C20H27N3O5/c1-12-10-23(11-13(2)28-12)9-8-16(24)22-18-17-14(6-5-7-15(17)26-3)21-19(18)20(25)27-4/h5-7,12-13,21H,8-11H2,1-4H3,(H,22,24)/p+1/t12-,13-/m1/s1. The molecule has 28 heavy (non-hydrogen) atoms. The lowest BCUT2D eigenvalue weighted by Gasteiger charge is -2.32. The van der Waals surface area contributed by atoms with Crippen molar-refractivity contribution in [2.75, 3.05) is 39.2 Å². The zero-order valence-electron chi connectivity index (χ0n) is 16.8. The van der Waals surface area contributed by atoms with Gasteiger partial charge in [0.25, 0.3) is 0 Å². The summed E-state index contributed by atoms with van der Waals surface area (Å²) in [6.07, 6.45) is 0.716. The summed E-state index contributed by atoms with van der Waals surface area (Å²) >= 11 is 0. The van der Waals surface area contributed by atoms with Crippen molar-refractivity contribution in [1.29, 1.82) is 0 Å². The number of methoxy groups -OCH3 is 2. The summed E-state index contributed by atoms with van der Waals surface area (Å²) < 4.78 is 16.0. The number of esters is 1. The fourth-order valence-electron chi connectivity index (χ4n) is 3.85. The molecule has 1 fully saturated rings. The van der Waals surface area contributed by atoms with E-state index in [4.69, 9.17) is 14.2 Å². The molecule has 0 saturated carbocycles. The van der Waals surface area contributed by atoms with Crippen LogP contribution in [0, 0.1) is 0 Å². The fraction of sp³-hybridized carbons (Fsp3) is 0.500. The van der Waals surface area contributed by atoms with Crippen molar-refractivity contribution in [2.24, 2.45) is 0 Å². The van der Waals surface area contributed by atoms with Crippen molar-refractivity contribution in [2.45, 2.75) is 32.5 Å². The number of fused-ring (bicyclic) bond motifs is 1. The summed E-state index contributed by atoms with van der Waals surface area (Å²) in [5, 5.41) is 3.54. The summed E-state index contributed by atoms with van der Waals surface area (Å²) in [6, 6.07) is 5.42. The van der Waals surface area contributed by atoms with Gasteiger partial charge in [-0.25, -0.2) is 4.79 Å². The van der Waals surface area contributed by atoms with Gasteiger partial charge in [-0.2, -0.15) is 0 Å². The van der Waals surface area contributed by atoms with E-state index in [1.807, 2.05) is 12.1 Å². The van der Waals surface area contributed by atoms with Crippen LogP contribution in [0.4, 0.5) is 5.69 Å². The Hall–Kier alpha value is -2.58. The predicted molar refractivity (Wildman–Crippen MR) is 105 cm³/mol. The molecule has 2 atom stereocenters. The number of quaternary nitrogens is 1. The molecule has 3 rings (SSSR count). The third-order valence-corrected chi connectivity index (χ3v) is 4.98. The van der Waals surface area contributed by atoms with Crippen molar-refractivity contribution < 1.29 is 28.7 Å². The number of ether oxygens (including phenoxy) is 3. The highest BCUT2D eigenvalue weighted by molar-refractivity contribution is 6.12. The van der Waals surface area contributed by atoms with E-state index in [0.29, 0.717) is 35.3 Å². The van der Waals surface area contributed by atoms with Gasteiger partial charge >= 0.3 is 5.97 Å². The van der Waals surface area contributed by atoms with Gasteiger partial charge in [0.05, 0.1) is 43.8 Å². The summed E-state index contributed by atoms with van der Waals surface area (Å²) in [7, 11) is 2.86.